The lowest BCUT2D eigenvalue weighted by Crippen LogP contribution is -2.26. The van der Waals surface area contributed by atoms with E-state index in [9.17, 15) is 4.79 Å². The number of rotatable bonds is 3. The van der Waals surface area contributed by atoms with Crippen LogP contribution in [0.5, 0.6) is 0 Å². The average Bonchev–Trinajstić information content (AvgIpc) is 2.62. The van der Waals surface area contributed by atoms with Crippen LogP contribution in [-0.4, -0.2) is 10.9 Å². The smallest absolute Gasteiger partial charge is 0.251 e. The fourth-order valence-electron chi connectivity index (χ4n) is 2.97. The number of nitrogens with zero attached hydrogens (tertiary/aromatic N) is 1. The van der Waals surface area contributed by atoms with E-state index in [0.717, 1.165) is 22.0 Å². The van der Waals surface area contributed by atoms with E-state index in [2.05, 4.69) is 49.3 Å². The number of pyridine rings is 1. The molecule has 1 heterocycles. The molecule has 0 aliphatic heterocycles. The Bertz CT molecular complexity index is 1000. The standard InChI is InChI=1S/C23H25ClN2O/c1-14(19-12-21(24)15(2)25-13-19)26-22(27)18-7-6-17-11-20(23(3,4)5)9-8-16(17)10-18/h6-14H,1-5H3,(H,26,27)/t14-/m1/s1. The number of hydrogen-bond donors (Lipinski definition) is 1. The van der Waals surface area contributed by atoms with Crippen LogP contribution in [0.1, 0.15) is 60.9 Å². The third-order valence-electron chi connectivity index (χ3n) is 4.86. The lowest BCUT2D eigenvalue weighted by molar-refractivity contribution is 0.0940. The van der Waals surface area contributed by atoms with Gasteiger partial charge >= 0.3 is 0 Å². The van der Waals surface area contributed by atoms with Crippen molar-refractivity contribution in [3.63, 3.8) is 0 Å². The van der Waals surface area contributed by atoms with Crippen LogP contribution in [0.15, 0.2) is 48.7 Å². The number of fused-ring (bicyclic) bond motifs is 1. The molecule has 0 radical (unpaired) electrons. The molecule has 0 aliphatic rings. The van der Waals surface area contributed by atoms with Crippen molar-refractivity contribution in [1.29, 1.82) is 0 Å². The molecular formula is C23H25ClN2O. The molecule has 1 amide bonds. The van der Waals surface area contributed by atoms with Crippen molar-refractivity contribution in [1.82, 2.24) is 10.3 Å². The van der Waals surface area contributed by atoms with Gasteiger partial charge in [0.25, 0.3) is 5.91 Å². The molecule has 3 nitrogen and oxygen atoms in total. The molecule has 1 atom stereocenters. The Balaban J connectivity index is 1.81. The van der Waals surface area contributed by atoms with Crippen LogP contribution >= 0.6 is 11.6 Å². The topological polar surface area (TPSA) is 42.0 Å². The SMILES string of the molecule is Cc1ncc([C@@H](C)NC(=O)c2ccc3cc(C(C)(C)C)ccc3c2)cc1Cl. The molecule has 0 unspecified atom stereocenters. The molecule has 0 aliphatic carbocycles. The number of aromatic nitrogens is 1. The minimum absolute atomic E-state index is 0.100. The van der Waals surface area contributed by atoms with Crippen molar-refractivity contribution >= 4 is 28.3 Å². The van der Waals surface area contributed by atoms with E-state index >= 15 is 0 Å². The monoisotopic (exact) mass is 380 g/mol. The maximum atomic E-state index is 12.7. The number of amides is 1. The summed E-state index contributed by atoms with van der Waals surface area (Å²) in [6.07, 6.45) is 1.75. The highest BCUT2D eigenvalue weighted by Crippen LogP contribution is 2.27. The zero-order valence-corrected chi connectivity index (χ0v) is 17.2. The van der Waals surface area contributed by atoms with Gasteiger partial charge in [0.05, 0.1) is 16.8 Å². The summed E-state index contributed by atoms with van der Waals surface area (Å²) >= 11 is 6.15. The quantitative estimate of drug-likeness (QED) is 0.606. The highest BCUT2D eigenvalue weighted by molar-refractivity contribution is 6.31. The predicted molar refractivity (Wildman–Crippen MR) is 113 cm³/mol. The molecule has 0 fully saturated rings. The Labute approximate surface area is 165 Å². The van der Waals surface area contributed by atoms with E-state index in [1.54, 1.807) is 6.20 Å². The fraction of sp³-hybridized carbons (Fsp3) is 0.304. The van der Waals surface area contributed by atoms with Crippen LogP contribution in [0.25, 0.3) is 10.8 Å². The van der Waals surface area contributed by atoms with Crippen molar-refractivity contribution in [2.24, 2.45) is 0 Å². The van der Waals surface area contributed by atoms with E-state index in [1.165, 1.54) is 5.56 Å². The molecule has 0 bridgehead atoms. The summed E-state index contributed by atoms with van der Waals surface area (Å²) in [5.41, 5.74) is 3.69. The van der Waals surface area contributed by atoms with Gasteiger partial charge in [0, 0.05) is 11.8 Å². The maximum absolute atomic E-state index is 12.7. The summed E-state index contributed by atoms with van der Waals surface area (Å²) in [6.45, 7) is 10.4. The van der Waals surface area contributed by atoms with Gasteiger partial charge in [-0.2, -0.15) is 0 Å². The zero-order valence-electron chi connectivity index (χ0n) is 16.4. The molecule has 3 rings (SSSR count). The first-order chi connectivity index (χ1) is 12.6. The highest BCUT2D eigenvalue weighted by atomic mass is 35.5. The zero-order chi connectivity index (χ0) is 19.8. The highest BCUT2D eigenvalue weighted by Gasteiger charge is 2.16. The van der Waals surface area contributed by atoms with Gasteiger partial charge in [-0.1, -0.05) is 56.6 Å². The summed E-state index contributed by atoms with van der Waals surface area (Å²) < 4.78 is 0. The fourth-order valence-corrected chi connectivity index (χ4v) is 3.15. The van der Waals surface area contributed by atoms with Crippen LogP contribution in [0.2, 0.25) is 5.02 Å². The van der Waals surface area contributed by atoms with Crippen LogP contribution in [0, 0.1) is 6.92 Å². The minimum Gasteiger partial charge on any atom is -0.345 e. The molecule has 0 saturated carbocycles. The second kappa shape index (κ2) is 7.32. The first kappa shape index (κ1) is 19.4. The van der Waals surface area contributed by atoms with Gasteiger partial charge < -0.3 is 5.32 Å². The summed E-state index contributed by atoms with van der Waals surface area (Å²) in [6, 6.07) is 13.9. The maximum Gasteiger partial charge on any atom is 0.251 e. The molecule has 1 N–H and O–H groups in total. The van der Waals surface area contributed by atoms with Crippen molar-refractivity contribution in [2.45, 2.75) is 46.1 Å². The predicted octanol–water partition coefficient (Wildman–Crippen LogP) is 5.99. The second-order valence-electron chi connectivity index (χ2n) is 8.06. The summed E-state index contributed by atoms with van der Waals surface area (Å²) in [5, 5.41) is 5.83. The van der Waals surface area contributed by atoms with E-state index in [1.807, 2.05) is 38.1 Å². The second-order valence-corrected chi connectivity index (χ2v) is 8.46. The van der Waals surface area contributed by atoms with Crippen molar-refractivity contribution in [3.05, 3.63) is 76.1 Å². The molecule has 0 saturated heterocycles. The Morgan fingerprint density at radius 1 is 1.07 bits per heavy atom. The summed E-state index contributed by atoms with van der Waals surface area (Å²) in [7, 11) is 0. The number of hydrogen-bond acceptors (Lipinski definition) is 2. The van der Waals surface area contributed by atoms with Crippen molar-refractivity contribution in [2.75, 3.05) is 0 Å². The van der Waals surface area contributed by atoms with Crippen LogP contribution in [0.4, 0.5) is 0 Å². The number of carbonyl (C=O) groups excluding carboxylic acids is 1. The van der Waals surface area contributed by atoms with Gasteiger partial charge in [-0.05, 0) is 59.4 Å². The van der Waals surface area contributed by atoms with Crippen LogP contribution in [-0.2, 0) is 5.41 Å². The lowest BCUT2D eigenvalue weighted by Gasteiger charge is -2.19. The Hall–Kier alpha value is -2.39. The largest absolute Gasteiger partial charge is 0.345 e. The van der Waals surface area contributed by atoms with Gasteiger partial charge in [0.2, 0.25) is 0 Å². The Kier molecular flexibility index (Phi) is 5.25. The number of nitrogens with one attached hydrogen (secondary N) is 1. The van der Waals surface area contributed by atoms with Gasteiger partial charge in [0.1, 0.15) is 0 Å². The van der Waals surface area contributed by atoms with E-state index in [4.69, 9.17) is 11.6 Å². The van der Waals surface area contributed by atoms with Crippen LogP contribution < -0.4 is 5.32 Å². The molecule has 27 heavy (non-hydrogen) atoms. The number of carbonyl (C=O) groups is 1. The Morgan fingerprint density at radius 3 is 2.41 bits per heavy atom. The normalized spacial score (nSPS) is 12.8. The van der Waals surface area contributed by atoms with E-state index in [0.29, 0.717) is 10.6 Å². The van der Waals surface area contributed by atoms with Gasteiger partial charge in [0.15, 0.2) is 0 Å². The van der Waals surface area contributed by atoms with Crippen molar-refractivity contribution in [3.8, 4) is 0 Å². The molecule has 4 heteroatoms. The van der Waals surface area contributed by atoms with Gasteiger partial charge in [-0.3, -0.25) is 9.78 Å². The Morgan fingerprint density at radius 2 is 1.74 bits per heavy atom. The first-order valence-corrected chi connectivity index (χ1v) is 9.50. The lowest BCUT2D eigenvalue weighted by atomic mass is 9.86. The third-order valence-corrected chi connectivity index (χ3v) is 5.24. The summed E-state index contributed by atoms with van der Waals surface area (Å²) in [5.74, 6) is -0.110. The first-order valence-electron chi connectivity index (χ1n) is 9.12. The number of benzene rings is 2. The van der Waals surface area contributed by atoms with E-state index in [-0.39, 0.29) is 17.4 Å². The third kappa shape index (κ3) is 4.30. The van der Waals surface area contributed by atoms with Crippen LogP contribution in [0.3, 0.4) is 0 Å². The summed E-state index contributed by atoms with van der Waals surface area (Å²) in [4.78, 5) is 17.0. The van der Waals surface area contributed by atoms with Gasteiger partial charge in [-0.25, -0.2) is 0 Å². The molecule has 2 aromatic carbocycles. The van der Waals surface area contributed by atoms with E-state index < -0.39 is 0 Å². The average molecular weight is 381 g/mol. The number of aryl methyl sites for hydroxylation is 1. The molecule has 0 spiro atoms. The van der Waals surface area contributed by atoms with Gasteiger partial charge in [-0.15, -0.1) is 0 Å². The molecule has 140 valence electrons. The number of halogens is 1. The van der Waals surface area contributed by atoms with Crippen molar-refractivity contribution < 1.29 is 4.79 Å². The molecule has 3 aromatic rings. The molecule has 1 aromatic heterocycles. The minimum atomic E-state index is -0.179. The molecular weight excluding hydrogens is 356 g/mol.